The van der Waals surface area contributed by atoms with Gasteiger partial charge in [0.25, 0.3) is 5.91 Å². The van der Waals surface area contributed by atoms with Crippen LogP contribution in [0, 0.1) is 0 Å². The fourth-order valence-electron chi connectivity index (χ4n) is 3.15. The summed E-state index contributed by atoms with van der Waals surface area (Å²) in [4.78, 5) is 24.3. The highest BCUT2D eigenvalue weighted by Crippen LogP contribution is 2.37. The fraction of sp³-hybridized carbons (Fsp3) is 0.556. The minimum atomic E-state index is -0.364. The summed E-state index contributed by atoms with van der Waals surface area (Å²) in [6, 6.07) is 3.36. The molecule has 0 spiro atoms. The molecule has 2 N–H and O–H groups in total. The van der Waals surface area contributed by atoms with E-state index in [1.165, 1.54) is 12.5 Å². The van der Waals surface area contributed by atoms with Crippen LogP contribution in [0.15, 0.2) is 12.1 Å². The Hall–Kier alpha value is -1.95. The number of halogens is 1. The molecule has 0 aromatic heterocycles. The lowest BCUT2D eigenvalue weighted by atomic mass is 9.95. The van der Waals surface area contributed by atoms with Gasteiger partial charge in [0.2, 0.25) is 5.91 Å². The maximum atomic E-state index is 12.3. The van der Waals surface area contributed by atoms with Gasteiger partial charge in [-0.05, 0) is 25.0 Å². The van der Waals surface area contributed by atoms with E-state index >= 15 is 0 Å². The highest BCUT2D eigenvalue weighted by Gasteiger charge is 2.20. The maximum Gasteiger partial charge on any atom is 0.251 e. The number of amides is 2. The van der Waals surface area contributed by atoms with Crippen LogP contribution in [-0.4, -0.2) is 37.6 Å². The van der Waals surface area contributed by atoms with Crippen LogP contribution in [0.3, 0.4) is 0 Å². The van der Waals surface area contributed by atoms with Crippen molar-refractivity contribution >= 4 is 23.4 Å². The van der Waals surface area contributed by atoms with Gasteiger partial charge < -0.3 is 20.1 Å². The Morgan fingerprint density at radius 1 is 1.08 bits per heavy atom. The van der Waals surface area contributed by atoms with E-state index < -0.39 is 0 Å². The lowest BCUT2D eigenvalue weighted by molar-refractivity contribution is -0.121. The minimum absolute atomic E-state index is 0.0542. The first-order valence-electron chi connectivity index (χ1n) is 8.80. The number of ether oxygens (including phenoxy) is 2. The molecule has 2 aliphatic rings. The van der Waals surface area contributed by atoms with Crippen LogP contribution in [0.5, 0.6) is 11.5 Å². The molecule has 1 aromatic carbocycles. The summed E-state index contributed by atoms with van der Waals surface area (Å²) in [5.41, 5.74) is 0.347. The summed E-state index contributed by atoms with van der Waals surface area (Å²) in [6.45, 7) is 0.985. The van der Waals surface area contributed by atoms with Gasteiger partial charge >= 0.3 is 0 Å². The van der Waals surface area contributed by atoms with E-state index in [4.69, 9.17) is 21.1 Å². The Balaban J connectivity index is 1.56. The van der Waals surface area contributed by atoms with Crippen molar-refractivity contribution in [1.82, 2.24) is 10.6 Å². The van der Waals surface area contributed by atoms with Crippen molar-refractivity contribution in [2.45, 2.75) is 44.6 Å². The Kier molecular flexibility index (Phi) is 6.02. The molecule has 7 heteroatoms. The largest absolute Gasteiger partial charge is 0.489 e. The maximum absolute atomic E-state index is 12.3. The molecule has 1 aliphatic carbocycles. The van der Waals surface area contributed by atoms with Gasteiger partial charge in [0.1, 0.15) is 0 Å². The molecule has 1 aliphatic heterocycles. The zero-order valence-electron chi connectivity index (χ0n) is 14.1. The second-order valence-corrected chi connectivity index (χ2v) is 6.83. The van der Waals surface area contributed by atoms with Crippen molar-refractivity contribution in [3.8, 4) is 11.5 Å². The van der Waals surface area contributed by atoms with Gasteiger partial charge in [0, 0.05) is 18.0 Å². The first kappa shape index (κ1) is 17.9. The molecule has 0 bridgehead atoms. The number of benzene rings is 1. The quantitative estimate of drug-likeness (QED) is 0.859. The molecule has 25 heavy (non-hydrogen) atoms. The van der Waals surface area contributed by atoms with E-state index in [0.29, 0.717) is 35.3 Å². The molecule has 0 radical (unpaired) electrons. The third-order valence-electron chi connectivity index (χ3n) is 4.44. The highest BCUT2D eigenvalue weighted by atomic mass is 35.5. The third-order valence-corrected chi connectivity index (χ3v) is 4.72. The molecule has 0 unspecified atom stereocenters. The highest BCUT2D eigenvalue weighted by molar-refractivity contribution is 6.32. The third kappa shape index (κ3) is 4.78. The molecule has 0 saturated heterocycles. The first-order chi connectivity index (χ1) is 12.1. The van der Waals surface area contributed by atoms with Crippen molar-refractivity contribution in [3.05, 3.63) is 22.7 Å². The number of rotatable bonds is 4. The van der Waals surface area contributed by atoms with Gasteiger partial charge in [-0.15, -0.1) is 0 Å². The number of hydrogen-bond donors (Lipinski definition) is 2. The van der Waals surface area contributed by atoms with Crippen LogP contribution < -0.4 is 20.1 Å². The molecule has 1 aromatic rings. The molecule has 0 atom stereocenters. The summed E-state index contributed by atoms with van der Waals surface area (Å²) in [6.07, 6.45) is 6.30. The van der Waals surface area contributed by atoms with E-state index in [1.807, 2.05) is 0 Å². The van der Waals surface area contributed by atoms with Crippen molar-refractivity contribution < 1.29 is 19.1 Å². The summed E-state index contributed by atoms with van der Waals surface area (Å²) in [7, 11) is 0. The number of fused-ring (bicyclic) bond motifs is 1. The standard InChI is InChI=1S/C18H23ClN2O4/c19-14-9-12(10-15-17(14)25-8-4-7-24-15)18(23)20-11-16(22)21-13-5-2-1-3-6-13/h9-10,13H,1-8,11H2,(H,20,23)(H,21,22). The second-order valence-electron chi connectivity index (χ2n) is 6.42. The number of carbonyl (C=O) groups excluding carboxylic acids is 2. The van der Waals surface area contributed by atoms with Gasteiger partial charge in [-0.2, -0.15) is 0 Å². The van der Waals surface area contributed by atoms with Crippen LogP contribution in [0.1, 0.15) is 48.9 Å². The van der Waals surface area contributed by atoms with E-state index in [1.54, 1.807) is 6.07 Å². The molecular formula is C18H23ClN2O4. The molecule has 1 fully saturated rings. The minimum Gasteiger partial charge on any atom is -0.489 e. The number of hydrogen-bond acceptors (Lipinski definition) is 4. The molecule has 6 nitrogen and oxygen atoms in total. The van der Waals surface area contributed by atoms with Crippen molar-refractivity contribution in [2.24, 2.45) is 0 Å². The SMILES string of the molecule is O=C(CNC(=O)c1cc(Cl)c2c(c1)OCCCO2)NC1CCCCC1. The Morgan fingerprint density at radius 3 is 2.64 bits per heavy atom. The average molecular weight is 367 g/mol. The molecule has 1 saturated carbocycles. The molecule has 136 valence electrons. The Morgan fingerprint density at radius 2 is 1.84 bits per heavy atom. The summed E-state index contributed by atoms with van der Waals surface area (Å²) in [5, 5.41) is 5.93. The predicted molar refractivity (Wildman–Crippen MR) is 94.4 cm³/mol. The first-order valence-corrected chi connectivity index (χ1v) is 9.18. The van der Waals surface area contributed by atoms with Crippen LogP contribution >= 0.6 is 11.6 Å². The second kappa shape index (κ2) is 8.43. The van der Waals surface area contributed by atoms with E-state index in [9.17, 15) is 9.59 Å². The lowest BCUT2D eigenvalue weighted by Crippen LogP contribution is -2.42. The van der Waals surface area contributed by atoms with E-state index in [-0.39, 0.29) is 24.4 Å². The van der Waals surface area contributed by atoms with Crippen LogP contribution in [0.2, 0.25) is 5.02 Å². The zero-order valence-corrected chi connectivity index (χ0v) is 14.9. The summed E-state index contributed by atoms with van der Waals surface area (Å²) < 4.78 is 11.1. The fourth-order valence-corrected chi connectivity index (χ4v) is 3.42. The number of carbonyl (C=O) groups is 2. The Labute approximate surface area is 152 Å². The topological polar surface area (TPSA) is 76.7 Å². The molecule has 3 rings (SSSR count). The summed E-state index contributed by atoms with van der Waals surface area (Å²) in [5.74, 6) is 0.393. The Bertz CT molecular complexity index is 644. The average Bonchev–Trinajstić information content (AvgIpc) is 2.86. The molecule has 1 heterocycles. The normalized spacial score (nSPS) is 17.5. The van der Waals surface area contributed by atoms with Gasteiger partial charge in [-0.3, -0.25) is 9.59 Å². The van der Waals surface area contributed by atoms with Gasteiger partial charge in [0.15, 0.2) is 11.5 Å². The van der Waals surface area contributed by atoms with Crippen LogP contribution in [0.25, 0.3) is 0 Å². The van der Waals surface area contributed by atoms with Crippen molar-refractivity contribution in [2.75, 3.05) is 19.8 Å². The summed E-state index contributed by atoms with van der Waals surface area (Å²) >= 11 is 6.19. The predicted octanol–water partition coefficient (Wildman–Crippen LogP) is 2.68. The lowest BCUT2D eigenvalue weighted by Gasteiger charge is -2.22. The monoisotopic (exact) mass is 366 g/mol. The zero-order chi connectivity index (χ0) is 17.6. The van der Waals surface area contributed by atoms with E-state index in [0.717, 1.165) is 32.1 Å². The number of nitrogens with one attached hydrogen (secondary N) is 2. The smallest absolute Gasteiger partial charge is 0.251 e. The molecular weight excluding hydrogens is 344 g/mol. The van der Waals surface area contributed by atoms with Gasteiger partial charge in [-0.1, -0.05) is 30.9 Å². The van der Waals surface area contributed by atoms with E-state index in [2.05, 4.69) is 10.6 Å². The van der Waals surface area contributed by atoms with Crippen LogP contribution in [0.4, 0.5) is 0 Å². The van der Waals surface area contributed by atoms with Gasteiger partial charge in [0.05, 0.1) is 24.8 Å². The van der Waals surface area contributed by atoms with Crippen molar-refractivity contribution in [3.63, 3.8) is 0 Å². The molecule has 2 amide bonds. The van der Waals surface area contributed by atoms with Crippen LogP contribution in [-0.2, 0) is 4.79 Å². The van der Waals surface area contributed by atoms with Crippen molar-refractivity contribution in [1.29, 1.82) is 0 Å². The van der Waals surface area contributed by atoms with Gasteiger partial charge in [-0.25, -0.2) is 0 Å².